The number of hydrogen-bond donors (Lipinski definition) is 2. The maximum Gasteiger partial charge on any atom is 0.338 e. The van der Waals surface area contributed by atoms with Crippen LogP contribution in [0.2, 0.25) is 0 Å². The lowest BCUT2D eigenvalue weighted by Crippen LogP contribution is -2.33. The second kappa shape index (κ2) is 6.29. The zero-order valence-corrected chi connectivity index (χ0v) is 11.3. The molecular weight excluding hydrogens is 250 g/mol. The third-order valence-electron chi connectivity index (χ3n) is 3.47. The Hall–Kier alpha value is -0.940. The van der Waals surface area contributed by atoms with E-state index in [4.69, 9.17) is 9.52 Å². The van der Waals surface area contributed by atoms with E-state index in [0.717, 1.165) is 5.25 Å². The molecule has 0 amide bonds. The Labute approximate surface area is 111 Å². The first-order chi connectivity index (χ1) is 8.69. The Morgan fingerprint density at radius 2 is 2.22 bits per heavy atom. The minimum atomic E-state index is -0.939. The minimum absolute atomic E-state index is 0.220. The van der Waals surface area contributed by atoms with Crippen molar-refractivity contribution < 1.29 is 14.3 Å². The molecule has 2 N–H and O–H groups in total. The minimum Gasteiger partial charge on any atom is -0.478 e. The summed E-state index contributed by atoms with van der Waals surface area (Å²) in [5.74, 6) is -0.245. The molecule has 0 aliphatic heterocycles. The summed E-state index contributed by atoms with van der Waals surface area (Å²) < 4.78 is 5.21. The average molecular weight is 269 g/mol. The van der Waals surface area contributed by atoms with Crippen molar-refractivity contribution >= 4 is 17.7 Å². The van der Waals surface area contributed by atoms with Gasteiger partial charge in [0.15, 0.2) is 0 Å². The average Bonchev–Trinajstić information content (AvgIpc) is 2.86. The Kier molecular flexibility index (Phi) is 4.72. The summed E-state index contributed by atoms with van der Waals surface area (Å²) in [7, 11) is 0. The van der Waals surface area contributed by atoms with Crippen LogP contribution in [0.1, 0.15) is 41.8 Å². The van der Waals surface area contributed by atoms with Crippen LogP contribution in [0.25, 0.3) is 0 Å². The van der Waals surface area contributed by atoms with Gasteiger partial charge in [0.05, 0.1) is 12.1 Å². The Bertz CT molecular complexity index is 397. The standard InChI is InChI=1S/C13H19NO3S/c1-18-12-4-2-10(3-5-12)14-7-11-6-9(8-17-11)13(15)16/h6,8,10,12,14H,2-5,7H2,1H3,(H,15,16). The topological polar surface area (TPSA) is 62.5 Å². The number of rotatable bonds is 5. The van der Waals surface area contributed by atoms with Crippen LogP contribution in [-0.2, 0) is 6.54 Å². The van der Waals surface area contributed by atoms with E-state index in [1.54, 1.807) is 6.07 Å². The SMILES string of the molecule is CSC1CCC(NCc2cc(C(=O)O)co2)CC1. The number of carboxylic acids is 1. The van der Waals surface area contributed by atoms with Gasteiger partial charge in [0.25, 0.3) is 0 Å². The summed E-state index contributed by atoms with van der Waals surface area (Å²) in [5, 5.41) is 13.0. The molecule has 100 valence electrons. The van der Waals surface area contributed by atoms with Gasteiger partial charge in [-0.2, -0.15) is 11.8 Å². The fraction of sp³-hybridized carbons (Fsp3) is 0.615. The molecule has 1 heterocycles. The Morgan fingerprint density at radius 3 is 2.78 bits per heavy atom. The number of thioether (sulfide) groups is 1. The molecule has 1 aromatic rings. The van der Waals surface area contributed by atoms with Gasteiger partial charge in [-0.25, -0.2) is 4.79 Å². The molecule has 0 radical (unpaired) electrons. The summed E-state index contributed by atoms with van der Waals surface area (Å²) in [6.45, 7) is 0.613. The first-order valence-corrected chi connectivity index (χ1v) is 7.54. The lowest BCUT2D eigenvalue weighted by Gasteiger charge is -2.27. The molecule has 4 nitrogen and oxygen atoms in total. The predicted molar refractivity (Wildman–Crippen MR) is 72.1 cm³/mol. The molecule has 0 aromatic carbocycles. The van der Waals surface area contributed by atoms with Gasteiger partial charge in [-0.15, -0.1) is 0 Å². The fourth-order valence-corrected chi connectivity index (χ4v) is 3.08. The van der Waals surface area contributed by atoms with Crippen molar-refractivity contribution in [1.29, 1.82) is 0 Å². The second-order valence-corrected chi connectivity index (χ2v) is 5.84. The number of carboxylic acid groups (broad SMARTS) is 1. The smallest absolute Gasteiger partial charge is 0.338 e. The highest BCUT2D eigenvalue weighted by Crippen LogP contribution is 2.27. The van der Waals surface area contributed by atoms with Crippen LogP contribution >= 0.6 is 11.8 Å². The van der Waals surface area contributed by atoms with Gasteiger partial charge in [-0.1, -0.05) is 0 Å². The third-order valence-corrected chi connectivity index (χ3v) is 4.61. The predicted octanol–water partition coefficient (Wildman–Crippen LogP) is 2.74. The number of aromatic carboxylic acids is 1. The molecule has 0 spiro atoms. The monoisotopic (exact) mass is 269 g/mol. The van der Waals surface area contributed by atoms with E-state index >= 15 is 0 Å². The molecule has 5 heteroatoms. The summed E-state index contributed by atoms with van der Waals surface area (Å²) >= 11 is 1.96. The summed E-state index contributed by atoms with van der Waals surface area (Å²) in [6.07, 6.45) is 8.38. The second-order valence-electron chi connectivity index (χ2n) is 4.70. The van der Waals surface area contributed by atoms with Crippen LogP contribution in [0.15, 0.2) is 16.7 Å². The molecule has 1 aliphatic rings. The molecule has 0 saturated heterocycles. The van der Waals surface area contributed by atoms with Gasteiger partial charge in [0.1, 0.15) is 12.0 Å². The van der Waals surface area contributed by atoms with Gasteiger partial charge in [-0.05, 0) is 38.0 Å². The van der Waals surface area contributed by atoms with Gasteiger partial charge in [0, 0.05) is 11.3 Å². The highest BCUT2D eigenvalue weighted by molar-refractivity contribution is 7.99. The van der Waals surface area contributed by atoms with E-state index in [-0.39, 0.29) is 5.56 Å². The highest BCUT2D eigenvalue weighted by Gasteiger charge is 2.20. The third kappa shape index (κ3) is 3.53. The number of carbonyl (C=O) groups is 1. The molecule has 0 atom stereocenters. The van der Waals surface area contributed by atoms with Crippen LogP contribution in [0, 0.1) is 0 Å². The summed E-state index contributed by atoms with van der Waals surface area (Å²) in [4.78, 5) is 10.7. The van der Waals surface area contributed by atoms with Crippen molar-refractivity contribution in [3.8, 4) is 0 Å². The van der Waals surface area contributed by atoms with Crippen LogP contribution in [0.5, 0.6) is 0 Å². The van der Waals surface area contributed by atoms with Crippen LogP contribution in [0.3, 0.4) is 0 Å². The molecule has 0 unspecified atom stereocenters. The molecule has 2 rings (SSSR count). The van der Waals surface area contributed by atoms with Crippen molar-refractivity contribution in [2.24, 2.45) is 0 Å². The molecular formula is C13H19NO3S. The van der Waals surface area contributed by atoms with Gasteiger partial charge in [0.2, 0.25) is 0 Å². The van der Waals surface area contributed by atoms with Crippen molar-refractivity contribution in [2.45, 2.75) is 43.5 Å². The van der Waals surface area contributed by atoms with Crippen molar-refractivity contribution in [1.82, 2.24) is 5.32 Å². The first kappa shape index (κ1) is 13.5. The normalized spacial score (nSPS) is 24.1. The first-order valence-electron chi connectivity index (χ1n) is 6.26. The van der Waals surface area contributed by atoms with E-state index in [2.05, 4.69) is 11.6 Å². The summed E-state index contributed by atoms with van der Waals surface area (Å²) in [5.41, 5.74) is 0.220. The van der Waals surface area contributed by atoms with E-state index in [1.807, 2.05) is 11.8 Å². The molecule has 0 bridgehead atoms. The van der Waals surface area contributed by atoms with Crippen molar-refractivity contribution in [3.63, 3.8) is 0 Å². The van der Waals surface area contributed by atoms with Gasteiger partial charge in [-0.3, -0.25) is 0 Å². The maximum atomic E-state index is 10.7. The van der Waals surface area contributed by atoms with Crippen LogP contribution in [0.4, 0.5) is 0 Å². The number of hydrogen-bond acceptors (Lipinski definition) is 4. The van der Waals surface area contributed by atoms with Crippen molar-refractivity contribution in [3.05, 3.63) is 23.7 Å². The number of nitrogens with one attached hydrogen (secondary N) is 1. The van der Waals surface area contributed by atoms with E-state index in [1.165, 1.54) is 31.9 Å². The largest absolute Gasteiger partial charge is 0.478 e. The van der Waals surface area contributed by atoms with Crippen molar-refractivity contribution in [2.75, 3.05) is 6.26 Å². The summed E-state index contributed by atoms with van der Waals surface area (Å²) in [6, 6.07) is 2.12. The molecule has 1 fully saturated rings. The van der Waals surface area contributed by atoms with Gasteiger partial charge >= 0.3 is 5.97 Å². The highest BCUT2D eigenvalue weighted by atomic mass is 32.2. The van der Waals surface area contributed by atoms with Crippen LogP contribution < -0.4 is 5.32 Å². The Morgan fingerprint density at radius 1 is 1.50 bits per heavy atom. The molecule has 18 heavy (non-hydrogen) atoms. The lowest BCUT2D eigenvalue weighted by atomic mass is 9.95. The molecule has 1 saturated carbocycles. The molecule has 1 aromatic heterocycles. The van der Waals surface area contributed by atoms with Crippen LogP contribution in [-0.4, -0.2) is 28.6 Å². The fourth-order valence-electron chi connectivity index (χ4n) is 2.33. The van der Waals surface area contributed by atoms with E-state index in [9.17, 15) is 4.79 Å². The Balaban J connectivity index is 1.76. The van der Waals surface area contributed by atoms with E-state index < -0.39 is 5.97 Å². The lowest BCUT2D eigenvalue weighted by molar-refractivity contribution is 0.0696. The zero-order chi connectivity index (χ0) is 13.0. The van der Waals surface area contributed by atoms with Gasteiger partial charge < -0.3 is 14.8 Å². The maximum absolute atomic E-state index is 10.7. The van der Waals surface area contributed by atoms with E-state index in [0.29, 0.717) is 18.3 Å². The number of furan rings is 1. The quantitative estimate of drug-likeness (QED) is 0.860. The zero-order valence-electron chi connectivity index (χ0n) is 10.5. The molecule has 1 aliphatic carbocycles.